The number of sulfone groups is 1. The van der Waals surface area contributed by atoms with Gasteiger partial charge in [0.25, 0.3) is 0 Å². The number of aliphatic imine (C=N–C) groups is 1. The highest BCUT2D eigenvalue weighted by atomic mass is 32.2. The number of alkyl carbamates (subject to hydrolysis) is 1. The van der Waals surface area contributed by atoms with Crippen molar-refractivity contribution in [3.63, 3.8) is 0 Å². The number of nitrogens with one attached hydrogen (secondary N) is 3. The van der Waals surface area contributed by atoms with Crippen LogP contribution in [0.5, 0.6) is 0 Å². The maximum Gasteiger partial charge on any atom is 0.408 e. The first-order valence-corrected chi connectivity index (χ1v) is 11.5. The zero-order valence-electron chi connectivity index (χ0n) is 17.5. The fourth-order valence-electron chi connectivity index (χ4n) is 2.86. The zero-order valence-corrected chi connectivity index (χ0v) is 18.3. The van der Waals surface area contributed by atoms with E-state index in [-0.39, 0.29) is 17.5 Å². The highest BCUT2D eigenvalue weighted by Crippen LogP contribution is 2.18. The summed E-state index contributed by atoms with van der Waals surface area (Å²) in [7, 11) is -2.96. The van der Waals surface area contributed by atoms with Crippen molar-refractivity contribution >= 4 is 21.9 Å². The molecule has 0 bridgehead atoms. The molecule has 1 fully saturated rings. The molecular formula is C18H36N4O4S. The third-order valence-electron chi connectivity index (χ3n) is 4.58. The van der Waals surface area contributed by atoms with Gasteiger partial charge in [0.05, 0.1) is 23.6 Å². The lowest BCUT2D eigenvalue weighted by Crippen LogP contribution is -2.52. The minimum atomic E-state index is -2.96. The van der Waals surface area contributed by atoms with E-state index in [1.165, 1.54) is 0 Å². The molecule has 1 unspecified atom stereocenters. The molecule has 1 amide bonds. The van der Waals surface area contributed by atoms with Crippen molar-refractivity contribution in [3.8, 4) is 0 Å². The van der Waals surface area contributed by atoms with Gasteiger partial charge in [-0.25, -0.2) is 13.2 Å². The monoisotopic (exact) mass is 404 g/mol. The second-order valence-electron chi connectivity index (χ2n) is 8.05. The predicted molar refractivity (Wildman–Crippen MR) is 109 cm³/mol. The number of hydrogen-bond acceptors (Lipinski definition) is 5. The molecule has 1 atom stereocenters. The standard InChI is InChI=1S/C18H36N4O4S/c1-7-18(8-2,22-16(23)26-17(4,5)6)13-20-15(19-9-3)21-14-10-11-27(24,25)12-14/h14H,7-13H2,1-6H3,(H,22,23)(H2,19,20,21). The summed E-state index contributed by atoms with van der Waals surface area (Å²) in [6.07, 6.45) is 1.52. The van der Waals surface area contributed by atoms with E-state index in [2.05, 4.69) is 20.9 Å². The van der Waals surface area contributed by atoms with Crippen LogP contribution >= 0.6 is 0 Å². The highest BCUT2D eigenvalue weighted by molar-refractivity contribution is 7.91. The van der Waals surface area contributed by atoms with Crippen LogP contribution in [0.1, 0.15) is 60.8 Å². The molecule has 1 aliphatic rings. The molecule has 0 aromatic rings. The SMILES string of the molecule is CCNC(=NCC(CC)(CC)NC(=O)OC(C)(C)C)NC1CCS(=O)(=O)C1. The van der Waals surface area contributed by atoms with Crippen molar-refractivity contribution in [2.45, 2.75) is 78.0 Å². The van der Waals surface area contributed by atoms with Gasteiger partial charge in [-0.3, -0.25) is 4.99 Å². The van der Waals surface area contributed by atoms with Crippen molar-refractivity contribution < 1.29 is 17.9 Å². The average Bonchev–Trinajstić information content (AvgIpc) is 2.88. The molecule has 1 saturated heterocycles. The molecule has 1 heterocycles. The van der Waals surface area contributed by atoms with Crippen LogP contribution < -0.4 is 16.0 Å². The fraction of sp³-hybridized carbons (Fsp3) is 0.889. The zero-order chi connectivity index (χ0) is 20.7. The van der Waals surface area contributed by atoms with E-state index < -0.39 is 27.1 Å². The maximum atomic E-state index is 12.2. The molecule has 0 aromatic heterocycles. The number of nitrogens with zero attached hydrogens (tertiary/aromatic N) is 1. The molecule has 0 aromatic carbocycles. The summed E-state index contributed by atoms with van der Waals surface area (Å²) in [6.45, 7) is 12.5. The Morgan fingerprint density at radius 3 is 2.26 bits per heavy atom. The predicted octanol–water partition coefficient (Wildman–Crippen LogP) is 1.81. The molecule has 27 heavy (non-hydrogen) atoms. The van der Waals surface area contributed by atoms with Crippen LogP contribution in [0.2, 0.25) is 0 Å². The van der Waals surface area contributed by atoms with Crippen LogP contribution in [-0.2, 0) is 14.6 Å². The number of carbonyl (C=O) groups is 1. The lowest BCUT2D eigenvalue weighted by atomic mass is 9.93. The van der Waals surface area contributed by atoms with Crippen molar-refractivity contribution in [2.24, 2.45) is 4.99 Å². The Balaban J connectivity index is 2.83. The second kappa shape index (κ2) is 9.61. The molecule has 158 valence electrons. The molecule has 0 spiro atoms. The minimum Gasteiger partial charge on any atom is -0.444 e. The Hall–Kier alpha value is -1.51. The van der Waals surface area contributed by atoms with Gasteiger partial charge in [-0.1, -0.05) is 13.8 Å². The van der Waals surface area contributed by atoms with E-state index in [9.17, 15) is 13.2 Å². The number of carbonyl (C=O) groups excluding carboxylic acids is 1. The molecule has 0 saturated carbocycles. The summed E-state index contributed by atoms with van der Waals surface area (Å²) in [6, 6.07) is -0.135. The summed E-state index contributed by atoms with van der Waals surface area (Å²) in [5, 5.41) is 9.32. The number of guanidine groups is 1. The van der Waals surface area contributed by atoms with Crippen LogP contribution in [0.25, 0.3) is 0 Å². The van der Waals surface area contributed by atoms with Gasteiger partial charge in [0, 0.05) is 12.6 Å². The van der Waals surface area contributed by atoms with Gasteiger partial charge in [0.2, 0.25) is 0 Å². The molecule has 3 N–H and O–H groups in total. The molecule has 1 rings (SSSR count). The summed E-state index contributed by atoms with van der Waals surface area (Å²) >= 11 is 0. The van der Waals surface area contributed by atoms with Crippen molar-refractivity contribution in [2.75, 3.05) is 24.6 Å². The van der Waals surface area contributed by atoms with Gasteiger partial charge < -0.3 is 20.7 Å². The topological polar surface area (TPSA) is 109 Å². The van der Waals surface area contributed by atoms with Gasteiger partial charge in [0.1, 0.15) is 5.60 Å². The molecular weight excluding hydrogens is 368 g/mol. The molecule has 0 aliphatic carbocycles. The van der Waals surface area contributed by atoms with E-state index in [0.29, 0.717) is 38.3 Å². The fourth-order valence-corrected chi connectivity index (χ4v) is 4.54. The molecule has 9 heteroatoms. The van der Waals surface area contributed by atoms with E-state index in [4.69, 9.17) is 4.74 Å². The quantitative estimate of drug-likeness (QED) is 0.441. The van der Waals surface area contributed by atoms with Crippen molar-refractivity contribution in [1.82, 2.24) is 16.0 Å². The van der Waals surface area contributed by atoms with Gasteiger partial charge in [-0.2, -0.15) is 0 Å². The van der Waals surface area contributed by atoms with Crippen molar-refractivity contribution in [1.29, 1.82) is 0 Å². The Morgan fingerprint density at radius 1 is 1.19 bits per heavy atom. The smallest absolute Gasteiger partial charge is 0.408 e. The van der Waals surface area contributed by atoms with Gasteiger partial charge >= 0.3 is 6.09 Å². The lowest BCUT2D eigenvalue weighted by Gasteiger charge is -2.33. The number of amides is 1. The van der Waals surface area contributed by atoms with E-state index in [0.717, 1.165) is 0 Å². The van der Waals surface area contributed by atoms with Gasteiger partial charge in [-0.05, 0) is 47.0 Å². The van der Waals surface area contributed by atoms with Crippen molar-refractivity contribution in [3.05, 3.63) is 0 Å². The summed E-state index contributed by atoms with van der Waals surface area (Å²) in [4.78, 5) is 16.9. The Bertz CT molecular complexity index is 622. The van der Waals surface area contributed by atoms with Crippen LogP contribution in [0.15, 0.2) is 4.99 Å². The summed E-state index contributed by atoms with van der Waals surface area (Å²) in [5.74, 6) is 0.898. The molecule has 0 radical (unpaired) electrons. The van der Waals surface area contributed by atoms with Crippen LogP contribution in [0.4, 0.5) is 4.79 Å². The normalized spacial score (nSPS) is 20.2. The number of rotatable bonds is 7. The number of ether oxygens (including phenoxy) is 1. The lowest BCUT2D eigenvalue weighted by molar-refractivity contribution is 0.0452. The van der Waals surface area contributed by atoms with Crippen LogP contribution in [-0.4, -0.2) is 62.2 Å². The molecule has 8 nitrogen and oxygen atoms in total. The Morgan fingerprint density at radius 2 is 1.81 bits per heavy atom. The summed E-state index contributed by atoms with van der Waals surface area (Å²) < 4.78 is 28.7. The third kappa shape index (κ3) is 8.36. The minimum absolute atomic E-state index is 0.125. The highest BCUT2D eigenvalue weighted by Gasteiger charge is 2.31. The summed E-state index contributed by atoms with van der Waals surface area (Å²) in [5.41, 5.74) is -1.09. The van der Waals surface area contributed by atoms with E-state index in [1.54, 1.807) is 0 Å². The molecule has 1 aliphatic heterocycles. The van der Waals surface area contributed by atoms with Gasteiger partial charge in [-0.15, -0.1) is 0 Å². The number of hydrogen-bond donors (Lipinski definition) is 3. The maximum absolute atomic E-state index is 12.2. The van der Waals surface area contributed by atoms with Crippen LogP contribution in [0, 0.1) is 0 Å². The first kappa shape index (κ1) is 23.5. The van der Waals surface area contributed by atoms with E-state index in [1.807, 2.05) is 41.5 Å². The Kier molecular flexibility index (Phi) is 8.38. The van der Waals surface area contributed by atoms with E-state index >= 15 is 0 Å². The largest absolute Gasteiger partial charge is 0.444 e. The van der Waals surface area contributed by atoms with Crippen LogP contribution in [0.3, 0.4) is 0 Å². The van der Waals surface area contributed by atoms with Gasteiger partial charge in [0.15, 0.2) is 15.8 Å². The second-order valence-corrected chi connectivity index (χ2v) is 10.3. The Labute approximate surface area is 163 Å². The first-order valence-electron chi connectivity index (χ1n) is 9.70. The average molecular weight is 405 g/mol. The first-order chi connectivity index (χ1) is 12.4. The third-order valence-corrected chi connectivity index (χ3v) is 6.34.